The quantitative estimate of drug-likeness (QED) is 0.726. The number of thiophene rings is 1. The molecular weight excluding hydrogens is 312 g/mol. The first kappa shape index (κ1) is 15.8. The molecule has 1 N–H and O–H groups in total. The first-order valence-electron chi connectivity index (χ1n) is 8.15. The number of hydrogen-bond acceptors (Lipinski definition) is 3. The highest BCUT2D eigenvalue weighted by Crippen LogP contribution is 2.38. The zero-order valence-corrected chi connectivity index (χ0v) is 14.8. The summed E-state index contributed by atoms with van der Waals surface area (Å²) in [5.74, 6) is 1.60. The topological polar surface area (TPSA) is 24.4 Å². The van der Waals surface area contributed by atoms with E-state index in [0.29, 0.717) is 11.3 Å². The number of alkyl halides is 1. The summed E-state index contributed by atoms with van der Waals surface area (Å²) in [5.41, 5.74) is 1.33. The Balaban J connectivity index is 1.95. The third-order valence-corrected chi connectivity index (χ3v) is 6.27. The Morgan fingerprint density at radius 1 is 1.32 bits per heavy atom. The molecule has 0 fully saturated rings. The highest BCUT2D eigenvalue weighted by atomic mass is 35.5. The van der Waals surface area contributed by atoms with E-state index in [0.717, 1.165) is 38.2 Å². The van der Waals surface area contributed by atoms with Gasteiger partial charge in [-0.15, -0.1) is 22.9 Å². The van der Waals surface area contributed by atoms with Gasteiger partial charge in [0.1, 0.15) is 5.84 Å². The van der Waals surface area contributed by atoms with E-state index in [2.05, 4.69) is 48.4 Å². The van der Waals surface area contributed by atoms with E-state index in [-0.39, 0.29) is 0 Å². The number of halogens is 1. The predicted molar refractivity (Wildman–Crippen MR) is 98.8 cm³/mol. The van der Waals surface area contributed by atoms with Gasteiger partial charge in [0.15, 0.2) is 0 Å². The lowest BCUT2D eigenvalue weighted by atomic mass is 9.96. The van der Waals surface area contributed by atoms with Crippen LogP contribution in [0.2, 0.25) is 0 Å². The van der Waals surface area contributed by atoms with Gasteiger partial charge in [-0.25, -0.2) is 0 Å². The third kappa shape index (κ3) is 3.16. The highest BCUT2D eigenvalue weighted by Gasteiger charge is 2.22. The van der Waals surface area contributed by atoms with Crippen LogP contribution in [-0.4, -0.2) is 24.3 Å². The van der Waals surface area contributed by atoms with Crippen molar-refractivity contribution < 1.29 is 0 Å². The molecule has 0 amide bonds. The van der Waals surface area contributed by atoms with Gasteiger partial charge in [0.25, 0.3) is 0 Å². The lowest BCUT2D eigenvalue weighted by molar-refractivity contribution is 0.609. The van der Waals surface area contributed by atoms with Crippen LogP contribution in [0.1, 0.15) is 49.5 Å². The Hall–Kier alpha value is -1.06. The number of benzene rings is 1. The molecule has 3 rings (SSSR count). The maximum Gasteiger partial charge on any atom is 0.130 e. The van der Waals surface area contributed by atoms with Crippen molar-refractivity contribution >= 4 is 38.9 Å². The molecule has 1 aliphatic rings. The fraction of sp³-hybridized carbons (Fsp3) is 0.500. The fourth-order valence-electron chi connectivity index (χ4n) is 2.99. The second-order valence-corrected chi connectivity index (χ2v) is 7.68. The van der Waals surface area contributed by atoms with Crippen molar-refractivity contribution in [3.8, 4) is 0 Å². The lowest BCUT2D eigenvalue weighted by Crippen LogP contribution is -2.20. The van der Waals surface area contributed by atoms with Crippen LogP contribution in [0.15, 0.2) is 29.3 Å². The van der Waals surface area contributed by atoms with Crippen molar-refractivity contribution in [3.63, 3.8) is 0 Å². The predicted octanol–water partition coefficient (Wildman–Crippen LogP) is 5.15. The summed E-state index contributed by atoms with van der Waals surface area (Å²) in [4.78, 5) is 6.12. The molecule has 1 aromatic heterocycles. The molecule has 2 atom stereocenters. The van der Waals surface area contributed by atoms with Gasteiger partial charge >= 0.3 is 0 Å². The first-order chi connectivity index (χ1) is 10.7. The van der Waals surface area contributed by atoms with Gasteiger partial charge in [0, 0.05) is 32.4 Å². The number of fused-ring (bicyclic) bond motifs is 1. The minimum absolute atomic E-state index is 0.294. The molecule has 22 heavy (non-hydrogen) atoms. The summed E-state index contributed by atoms with van der Waals surface area (Å²) in [6, 6.07) is 8.67. The van der Waals surface area contributed by atoms with Crippen LogP contribution < -0.4 is 5.32 Å². The van der Waals surface area contributed by atoms with Crippen molar-refractivity contribution in [2.45, 2.75) is 44.4 Å². The van der Waals surface area contributed by atoms with Crippen LogP contribution in [0, 0.1) is 0 Å². The summed E-state index contributed by atoms with van der Waals surface area (Å²) in [7, 11) is 0. The number of nitrogens with one attached hydrogen (secondary N) is 1. The van der Waals surface area contributed by atoms with Gasteiger partial charge < -0.3 is 5.32 Å². The zero-order chi connectivity index (χ0) is 15.5. The molecule has 2 heterocycles. The average molecular weight is 335 g/mol. The van der Waals surface area contributed by atoms with Crippen molar-refractivity contribution in [2.75, 3.05) is 13.1 Å². The Morgan fingerprint density at radius 3 is 2.86 bits per heavy atom. The standard InChI is InChI=1S/C18H23ClN2S/c1-3-13(19)9-8-12(2)17-16(18-20-10-11-21-18)14-6-4-5-7-15(14)22-17/h4-7,12-13H,3,8-11H2,1-2H3,(H,20,21). The van der Waals surface area contributed by atoms with Crippen molar-refractivity contribution in [1.29, 1.82) is 0 Å². The van der Waals surface area contributed by atoms with Gasteiger partial charge in [0.05, 0.1) is 6.54 Å². The van der Waals surface area contributed by atoms with E-state index in [1.54, 1.807) is 0 Å². The number of nitrogens with zero attached hydrogens (tertiary/aromatic N) is 1. The molecule has 0 aliphatic carbocycles. The summed E-state index contributed by atoms with van der Waals surface area (Å²) < 4.78 is 1.36. The molecule has 0 spiro atoms. The number of aliphatic imine (C=N–C) groups is 1. The van der Waals surface area contributed by atoms with E-state index >= 15 is 0 Å². The summed E-state index contributed by atoms with van der Waals surface area (Å²) in [6.45, 7) is 6.31. The maximum atomic E-state index is 6.31. The minimum atomic E-state index is 0.294. The number of amidine groups is 1. The molecule has 2 aromatic rings. The fourth-order valence-corrected chi connectivity index (χ4v) is 4.40. The molecule has 4 heteroatoms. The highest BCUT2D eigenvalue weighted by molar-refractivity contribution is 7.19. The molecule has 1 aromatic carbocycles. The Bertz CT molecular complexity index is 677. The molecule has 2 unspecified atom stereocenters. The number of hydrogen-bond donors (Lipinski definition) is 1. The Kier molecular flexibility index (Phi) is 5.04. The molecule has 1 aliphatic heterocycles. The monoisotopic (exact) mass is 334 g/mol. The smallest absolute Gasteiger partial charge is 0.130 e. The second-order valence-electron chi connectivity index (χ2n) is 5.98. The SMILES string of the molecule is CCC(Cl)CCC(C)c1sc2ccccc2c1C1=NCCN1. The van der Waals surface area contributed by atoms with E-state index in [4.69, 9.17) is 11.6 Å². The van der Waals surface area contributed by atoms with Gasteiger partial charge in [0.2, 0.25) is 0 Å². The van der Waals surface area contributed by atoms with Gasteiger partial charge in [-0.1, -0.05) is 32.0 Å². The molecule has 0 radical (unpaired) electrons. The van der Waals surface area contributed by atoms with Gasteiger partial charge in [-0.2, -0.15) is 0 Å². The third-order valence-electron chi connectivity index (χ3n) is 4.34. The minimum Gasteiger partial charge on any atom is -0.368 e. The van der Waals surface area contributed by atoms with E-state index in [1.165, 1.54) is 20.5 Å². The Labute approximate surface area is 141 Å². The molecular formula is C18H23ClN2S. The van der Waals surface area contributed by atoms with Crippen LogP contribution in [0.25, 0.3) is 10.1 Å². The lowest BCUT2D eigenvalue weighted by Gasteiger charge is -2.14. The van der Waals surface area contributed by atoms with Crippen LogP contribution in [-0.2, 0) is 0 Å². The molecule has 2 nitrogen and oxygen atoms in total. The molecule has 0 bridgehead atoms. The molecule has 0 saturated carbocycles. The van der Waals surface area contributed by atoms with Gasteiger partial charge in [-0.3, -0.25) is 4.99 Å². The van der Waals surface area contributed by atoms with Crippen LogP contribution >= 0.6 is 22.9 Å². The van der Waals surface area contributed by atoms with Crippen molar-refractivity contribution in [1.82, 2.24) is 5.32 Å². The van der Waals surface area contributed by atoms with E-state index in [9.17, 15) is 0 Å². The largest absolute Gasteiger partial charge is 0.368 e. The van der Waals surface area contributed by atoms with Gasteiger partial charge in [-0.05, 0) is 31.2 Å². The zero-order valence-electron chi connectivity index (χ0n) is 13.2. The normalized spacial score (nSPS) is 17.3. The van der Waals surface area contributed by atoms with Crippen molar-refractivity contribution in [2.24, 2.45) is 4.99 Å². The van der Waals surface area contributed by atoms with E-state index in [1.807, 2.05) is 11.3 Å². The Morgan fingerprint density at radius 2 is 2.14 bits per heavy atom. The van der Waals surface area contributed by atoms with Crippen LogP contribution in [0.3, 0.4) is 0 Å². The first-order valence-corrected chi connectivity index (χ1v) is 9.40. The summed E-state index contributed by atoms with van der Waals surface area (Å²) in [5, 5.41) is 5.08. The summed E-state index contributed by atoms with van der Waals surface area (Å²) in [6.07, 6.45) is 3.25. The van der Waals surface area contributed by atoms with E-state index < -0.39 is 0 Å². The van der Waals surface area contributed by atoms with Crippen LogP contribution in [0.4, 0.5) is 0 Å². The molecule has 118 valence electrons. The second kappa shape index (κ2) is 7.01. The van der Waals surface area contributed by atoms with Crippen LogP contribution in [0.5, 0.6) is 0 Å². The average Bonchev–Trinajstić information content (AvgIpc) is 3.18. The van der Waals surface area contributed by atoms with Crippen molar-refractivity contribution in [3.05, 3.63) is 34.7 Å². The molecule has 0 saturated heterocycles. The maximum absolute atomic E-state index is 6.31. The number of rotatable bonds is 6. The summed E-state index contributed by atoms with van der Waals surface area (Å²) >= 11 is 8.22.